The van der Waals surface area contributed by atoms with Gasteiger partial charge in [0, 0.05) is 12.8 Å². The highest BCUT2D eigenvalue weighted by Crippen LogP contribution is 2.19. The fourth-order valence-electron chi connectivity index (χ4n) is 2.39. The van der Waals surface area contributed by atoms with Gasteiger partial charge in [-0.3, -0.25) is 25.2 Å². The van der Waals surface area contributed by atoms with Gasteiger partial charge in [0.05, 0.1) is 16.3 Å². The largest absolute Gasteiger partial charge is 0.285 e. The number of anilines is 1. The van der Waals surface area contributed by atoms with Gasteiger partial charge < -0.3 is 0 Å². The van der Waals surface area contributed by atoms with E-state index in [9.17, 15) is 14.4 Å². The first kappa shape index (κ1) is 17.6. The van der Waals surface area contributed by atoms with Crippen LogP contribution < -0.4 is 15.9 Å². The van der Waals surface area contributed by atoms with Gasteiger partial charge in [-0.25, -0.2) is 5.01 Å². The second kappa shape index (κ2) is 7.79. The smallest absolute Gasteiger partial charge is 0.273 e. The van der Waals surface area contributed by atoms with Crippen molar-refractivity contribution < 1.29 is 14.4 Å². The Hall–Kier alpha value is -3.19. The number of para-hydroxylation sites is 1. The number of hydrazone groups is 1. The molecule has 0 unspecified atom stereocenters. The lowest BCUT2D eigenvalue weighted by Crippen LogP contribution is -2.47. The quantitative estimate of drug-likeness (QED) is 0.812. The van der Waals surface area contributed by atoms with Gasteiger partial charge in [-0.2, -0.15) is 5.10 Å². The molecule has 3 rings (SSSR count). The number of nitrogens with zero attached hydrogens (tertiary/aromatic N) is 2. The van der Waals surface area contributed by atoms with Crippen LogP contribution in [0.4, 0.5) is 5.69 Å². The number of carbonyl (C=O) groups excluding carboxylic acids is 3. The maximum absolute atomic E-state index is 12.3. The molecule has 132 valence electrons. The zero-order valence-electron chi connectivity index (χ0n) is 13.6. The van der Waals surface area contributed by atoms with Crippen LogP contribution in [0.15, 0.2) is 59.7 Å². The summed E-state index contributed by atoms with van der Waals surface area (Å²) in [6.07, 6.45) is 0.343. The van der Waals surface area contributed by atoms with Crippen molar-refractivity contribution in [2.75, 3.05) is 5.01 Å². The van der Waals surface area contributed by atoms with Crippen LogP contribution in [0.2, 0.25) is 5.02 Å². The Bertz CT molecular complexity index is 883. The van der Waals surface area contributed by atoms with Crippen LogP contribution >= 0.6 is 11.6 Å². The van der Waals surface area contributed by atoms with E-state index in [1.807, 2.05) is 6.07 Å². The molecule has 0 fully saturated rings. The maximum Gasteiger partial charge on any atom is 0.285 e. The lowest BCUT2D eigenvalue weighted by atomic mass is 10.1. The number of rotatable bonds is 3. The molecule has 26 heavy (non-hydrogen) atoms. The minimum Gasteiger partial charge on any atom is -0.273 e. The Labute approximate surface area is 154 Å². The first-order valence-electron chi connectivity index (χ1n) is 7.87. The third-order valence-corrected chi connectivity index (χ3v) is 4.03. The number of hydrogen-bond acceptors (Lipinski definition) is 4. The third-order valence-electron chi connectivity index (χ3n) is 3.70. The molecule has 0 radical (unpaired) electrons. The van der Waals surface area contributed by atoms with Crippen molar-refractivity contribution in [3.05, 3.63) is 65.2 Å². The second-order valence-electron chi connectivity index (χ2n) is 5.48. The minimum absolute atomic E-state index is 0.146. The molecule has 1 aliphatic rings. The van der Waals surface area contributed by atoms with Crippen LogP contribution in [0.3, 0.4) is 0 Å². The molecule has 0 aliphatic carbocycles. The van der Waals surface area contributed by atoms with E-state index < -0.39 is 11.8 Å². The fraction of sp³-hybridized carbons (Fsp3) is 0.111. The van der Waals surface area contributed by atoms with E-state index in [2.05, 4.69) is 16.0 Å². The van der Waals surface area contributed by atoms with Crippen LogP contribution in [0, 0.1) is 0 Å². The minimum atomic E-state index is -0.584. The van der Waals surface area contributed by atoms with Crippen molar-refractivity contribution in [2.45, 2.75) is 12.8 Å². The highest BCUT2D eigenvalue weighted by Gasteiger charge is 2.25. The summed E-state index contributed by atoms with van der Waals surface area (Å²) in [5, 5.41) is 5.57. The zero-order chi connectivity index (χ0) is 18.5. The van der Waals surface area contributed by atoms with Gasteiger partial charge in [0.25, 0.3) is 11.8 Å². The number of nitrogens with one attached hydrogen (secondary N) is 2. The number of benzene rings is 2. The number of carbonyl (C=O) groups is 3. The summed E-state index contributed by atoms with van der Waals surface area (Å²) in [7, 11) is 0. The van der Waals surface area contributed by atoms with Gasteiger partial charge in [0.2, 0.25) is 5.91 Å². The summed E-state index contributed by atoms with van der Waals surface area (Å²) in [6, 6.07) is 15.3. The average molecular weight is 371 g/mol. The zero-order valence-corrected chi connectivity index (χ0v) is 14.4. The molecular formula is C18H15ClN4O3. The molecule has 1 aliphatic heterocycles. The van der Waals surface area contributed by atoms with Crippen LogP contribution in [-0.4, -0.2) is 23.4 Å². The Morgan fingerprint density at radius 2 is 1.58 bits per heavy atom. The number of amides is 3. The Morgan fingerprint density at radius 1 is 0.923 bits per heavy atom. The molecule has 0 spiro atoms. The molecule has 0 aromatic heterocycles. The SMILES string of the molecule is O=C(NNC(=O)c1ccccc1Cl)C1=NN(c2ccccc2)C(=O)CC1. The molecule has 2 aromatic rings. The van der Waals surface area contributed by atoms with E-state index in [0.717, 1.165) is 0 Å². The number of halogens is 1. The van der Waals surface area contributed by atoms with Crippen LogP contribution in [0.25, 0.3) is 0 Å². The first-order chi connectivity index (χ1) is 12.6. The Balaban J connectivity index is 1.68. The second-order valence-corrected chi connectivity index (χ2v) is 5.88. The molecule has 2 aromatic carbocycles. The van der Waals surface area contributed by atoms with Gasteiger partial charge in [0.15, 0.2) is 0 Å². The lowest BCUT2D eigenvalue weighted by Gasteiger charge is -2.23. The van der Waals surface area contributed by atoms with Crippen molar-refractivity contribution in [3.63, 3.8) is 0 Å². The highest BCUT2D eigenvalue weighted by atomic mass is 35.5. The Morgan fingerprint density at radius 3 is 2.31 bits per heavy atom. The standard InChI is InChI=1S/C18H15ClN4O3/c19-14-9-5-4-8-13(14)17(25)20-21-18(26)15-10-11-16(24)23(22-15)12-6-2-1-3-7-12/h1-9H,10-11H2,(H,20,25)(H,21,26). The average Bonchev–Trinajstić information content (AvgIpc) is 2.67. The molecule has 2 N–H and O–H groups in total. The lowest BCUT2D eigenvalue weighted by molar-refractivity contribution is -0.119. The van der Waals surface area contributed by atoms with Crippen molar-refractivity contribution in [1.82, 2.24) is 10.9 Å². The maximum atomic E-state index is 12.3. The summed E-state index contributed by atoms with van der Waals surface area (Å²) < 4.78 is 0. The van der Waals surface area contributed by atoms with Crippen LogP contribution in [0.5, 0.6) is 0 Å². The van der Waals surface area contributed by atoms with Gasteiger partial charge in [-0.05, 0) is 24.3 Å². The first-order valence-corrected chi connectivity index (χ1v) is 8.25. The van der Waals surface area contributed by atoms with Gasteiger partial charge >= 0.3 is 0 Å². The molecule has 0 bridgehead atoms. The van der Waals surface area contributed by atoms with Gasteiger partial charge in [0.1, 0.15) is 5.71 Å². The van der Waals surface area contributed by atoms with Crippen molar-refractivity contribution in [1.29, 1.82) is 0 Å². The summed E-state index contributed by atoms with van der Waals surface area (Å²) in [5.41, 5.74) is 5.55. The molecule has 0 atom stereocenters. The molecule has 3 amide bonds. The molecule has 7 nitrogen and oxygen atoms in total. The Kier molecular flexibility index (Phi) is 5.28. The molecule has 0 saturated carbocycles. The molecule has 8 heteroatoms. The molecular weight excluding hydrogens is 356 g/mol. The van der Waals surface area contributed by atoms with Crippen molar-refractivity contribution >= 4 is 40.7 Å². The van der Waals surface area contributed by atoms with E-state index in [-0.39, 0.29) is 35.0 Å². The normalized spacial score (nSPS) is 13.8. The fourth-order valence-corrected chi connectivity index (χ4v) is 2.61. The van der Waals surface area contributed by atoms with E-state index in [0.29, 0.717) is 5.69 Å². The van der Waals surface area contributed by atoms with Crippen LogP contribution in [0.1, 0.15) is 23.2 Å². The highest BCUT2D eigenvalue weighted by molar-refractivity contribution is 6.40. The topological polar surface area (TPSA) is 90.9 Å². The van der Waals surface area contributed by atoms with E-state index in [4.69, 9.17) is 11.6 Å². The number of hydrogen-bond donors (Lipinski definition) is 2. The van der Waals surface area contributed by atoms with E-state index in [1.165, 1.54) is 11.1 Å². The van der Waals surface area contributed by atoms with Gasteiger partial charge in [-0.1, -0.05) is 41.9 Å². The predicted molar refractivity (Wildman–Crippen MR) is 97.7 cm³/mol. The summed E-state index contributed by atoms with van der Waals surface area (Å²) in [6.45, 7) is 0. The van der Waals surface area contributed by atoms with E-state index >= 15 is 0 Å². The predicted octanol–water partition coefficient (Wildman–Crippen LogP) is 2.28. The summed E-state index contributed by atoms with van der Waals surface area (Å²) in [5.74, 6) is -1.33. The monoisotopic (exact) mass is 370 g/mol. The van der Waals surface area contributed by atoms with E-state index in [1.54, 1.807) is 42.5 Å². The third kappa shape index (κ3) is 3.89. The van der Waals surface area contributed by atoms with Crippen molar-refractivity contribution in [2.24, 2.45) is 5.10 Å². The van der Waals surface area contributed by atoms with Crippen LogP contribution in [-0.2, 0) is 9.59 Å². The molecule has 0 saturated heterocycles. The molecule has 1 heterocycles. The summed E-state index contributed by atoms with van der Waals surface area (Å²) in [4.78, 5) is 36.4. The summed E-state index contributed by atoms with van der Waals surface area (Å²) >= 11 is 5.94. The number of hydrazine groups is 1. The van der Waals surface area contributed by atoms with Crippen molar-refractivity contribution in [3.8, 4) is 0 Å². The van der Waals surface area contributed by atoms with Gasteiger partial charge in [-0.15, -0.1) is 0 Å².